The average Bonchev–Trinajstić information content (AvgIpc) is 2.81. The van der Waals surface area contributed by atoms with E-state index in [1.165, 1.54) is 16.8 Å². The fourth-order valence-corrected chi connectivity index (χ4v) is 1.93. The minimum atomic E-state index is -4.45. The summed E-state index contributed by atoms with van der Waals surface area (Å²) in [4.78, 5) is 11.2. The van der Waals surface area contributed by atoms with Gasteiger partial charge in [-0.15, -0.1) is 5.10 Å². The van der Waals surface area contributed by atoms with E-state index in [2.05, 4.69) is 16.9 Å². The number of carboxylic acids is 1. The first-order valence-electron chi connectivity index (χ1n) is 6.19. The highest BCUT2D eigenvalue weighted by molar-refractivity contribution is 5.92. The largest absolute Gasteiger partial charge is 0.476 e. The molecule has 0 bridgehead atoms. The first-order chi connectivity index (χ1) is 10.2. The molecule has 2 aromatic rings. The molecule has 0 saturated heterocycles. The van der Waals surface area contributed by atoms with Crippen LogP contribution >= 0.6 is 0 Å². The van der Waals surface area contributed by atoms with Gasteiger partial charge in [0.25, 0.3) is 0 Å². The number of alkyl halides is 3. The van der Waals surface area contributed by atoms with Crippen LogP contribution in [0.25, 0.3) is 11.3 Å². The van der Waals surface area contributed by atoms with E-state index in [-0.39, 0.29) is 23.5 Å². The number of hydrogen-bond acceptors (Lipinski definition) is 3. The third-order valence-corrected chi connectivity index (χ3v) is 2.84. The molecule has 0 spiro atoms. The number of carboxylic acid groups (broad SMARTS) is 1. The van der Waals surface area contributed by atoms with Gasteiger partial charge in [0.1, 0.15) is 5.69 Å². The number of aromatic carboxylic acids is 1. The summed E-state index contributed by atoms with van der Waals surface area (Å²) in [7, 11) is 0. The number of nitrogens with zero attached hydrogens (tertiary/aromatic N) is 3. The zero-order chi connectivity index (χ0) is 16.5. The summed E-state index contributed by atoms with van der Waals surface area (Å²) >= 11 is 0. The molecule has 0 radical (unpaired) electrons. The van der Waals surface area contributed by atoms with Crippen LogP contribution in [-0.2, 0) is 12.7 Å². The summed E-state index contributed by atoms with van der Waals surface area (Å²) < 4.78 is 39.1. The Bertz CT molecular complexity index is 718. The Labute approximate surface area is 123 Å². The molecule has 0 unspecified atom stereocenters. The zero-order valence-electron chi connectivity index (χ0n) is 11.6. The fourth-order valence-electron chi connectivity index (χ4n) is 1.93. The van der Waals surface area contributed by atoms with Gasteiger partial charge in [-0.2, -0.15) is 13.2 Å². The van der Waals surface area contributed by atoms with Gasteiger partial charge in [-0.25, -0.2) is 9.48 Å². The van der Waals surface area contributed by atoms with Crippen LogP contribution in [0, 0.1) is 0 Å². The molecule has 1 N–H and O–H groups in total. The van der Waals surface area contributed by atoms with Crippen LogP contribution in [0.1, 0.15) is 23.0 Å². The Kier molecular flexibility index (Phi) is 4.03. The third-order valence-electron chi connectivity index (χ3n) is 2.84. The second kappa shape index (κ2) is 5.63. The van der Waals surface area contributed by atoms with Crippen LogP contribution in [-0.4, -0.2) is 26.1 Å². The molecule has 1 aromatic heterocycles. The van der Waals surface area contributed by atoms with Crippen LogP contribution < -0.4 is 0 Å². The molecule has 0 fully saturated rings. The summed E-state index contributed by atoms with van der Waals surface area (Å²) in [5.74, 6) is -1.30. The molecule has 0 amide bonds. The Morgan fingerprint density at radius 2 is 1.91 bits per heavy atom. The molecular weight excluding hydrogens is 299 g/mol. The summed E-state index contributed by atoms with van der Waals surface area (Å²) in [6, 6.07) is 4.17. The minimum absolute atomic E-state index is 0.143. The molecule has 8 heteroatoms. The molecule has 1 aromatic carbocycles. The molecule has 0 aliphatic carbocycles. The number of halogens is 3. The monoisotopic (exact) mass is 311 g/mol. The standard InChI is InChI=1S/C14H12F3N3O2/c1-8(2)7-20-12(11(13(21)22)18-19-20)9-3-5-10(6-4-9)14(15,16)17/h3-6H,1,7H2,2H3,(H,21,22). The predicted octanol–water partition coefficient (Wildman–Crippen LogP) is 3.24. The molecule has 116 valence electrons. The van der Waals surface area contributed by atoms with Crippen molar-refractivity contribution in [2.75, 3.05) is 0 Å². The molecule has 0 aliphatic rings. The van der Waals surface area contributed by atoms with Crippen molar-refractivity contribution in [2.45, 2.75) is 19.6 Å². The van der Waals surface area contributed by atoms with Gasteiger partial charge in [-0.1, -0.05) is 29.5 Å². The van der Waals surface area contributed by atoms with Crippen LogP contribution in [0.15, 0.2) is 36.4 Å². The average molecular weight is 311 g/mol. The Morgan fingerprint density at radius 1 is 1.32 bits per heavy atom. The number of rotatable bonds is 4. The molecule has 22 heavy (non-hydrogen) atoms. The first-order valence-corrected chi connectivity index (χ1v) is 6.19. The number of benzene rings is 1. The number of carbonyl (C=O) groups is 1. The van der Waals surface area contributed by atoms with Gasteiger partial charge in [0.15, 0.2) is 5.69 Å². The van der Waals surface area contributed by atoms with E-state index in [0.717, 1.165) is 12.1 Å². The van der Waals surface area contributed by atoms with E-state index in [1.807, 2.05) is 0 Å². The molecule has 0 saturated carbocycles. The van der Waals surface area contributed by atoms with Crippen molar-refractivity contribution in [1.29, 1.82) is 0 Å². The van der Waals surface area contributed by atoms with Crippen LogP contribution in [0.4, 0.5) is 13.2 Å². The lowest BCUT2D eigenvalue weighted by Gasteiger charge is -2.09. The van der Waals surface area contributed by atoms with Gasteiger partial charge < -0.3 is 5.11 Å². The lowest BCUT2D eigenvalue weighted by Crippen LogP contribution is -2.07. The summed E-state index contributed by atoms with van der Waals surface area (Å²) in [5.41, 5.74) is 0.00364. The Hall–Kier alpha value is -2.64. The topological polar surface area (TPSA) is 68.0 Å². The van der Waals surface area contributed by atoms with Crippen molar-refractivity contribution in [3.63, 3.8) is 0 Å². The van der Waals surface area contributed by atoms with E-state index in [9.17, 15) is 18.0 Å². The van der Waals surface area contributed by atoms with Crippen molar-refractivity contribution in [2.24, 2.45) is 0 Å². The van der Waals surface area contributed by atoms with E-state index in [0.29, 0.717) is 5.57 Å². The van der Waals surface area contributed by atoms with Gasteiger partial charge in [0, 0.05) is 5.56 Å². The van der Waals surface area contributed by atoms with Crippen LogP contribution in [0.5, 0.6) is 0 Å². The maximum atomic E-state index is 12.6. The van der Waals surface area contributed by atoms with Crippen molar-refractivity contribution in [3.05, 3.63) is 47.7 Å². The predicted molar refractivity (Wildman–Crippen MR) is 72.2 cm³/mol. The SMILES string of the molecule is C=C(C)Cn1nnc(C(=O)O)c1-c1ccc(C(F)(F)F)cc1. The highest BCUT2D eigenvalue weighted by Crippen LogP contribution is 2.31. The summed E-state index contributed by atoms with van der Waals surface area (Å²) in [6.45, 7) is 5.64. The highest BCUT2D eigenvalue weighted by atomic mass is 19.4. The van der Waals surface area contributed by atoms with Gasteiger partial charge >= 0.3 is 12.1 Å². The van der Waals surface area contributed by atoms with Crippen molar-refractivity contribution in [3.8, 4) is 11.3 Å². The molecular formula is C14H12F3N3O2. The lowest BCUT2D eigenvalue weighted by atomic mass is 10.1. The molecule has 2 rings (SSSR count). The normalized spacial score (nSPS) is 11.5. The third kappa shape index (κ3) is 3.16. The molecule has 1 heterocycles. The lowest BCUT2D eigenvalue weighted by molar-refractivity contribution is -0.137. The molecule has 5 nitrogen and oxygen atoms in total. The second-order valence-corrected chi connectivity index (χ2v) is 4.78. The van der Waals surface area contributed by atoms with Gasteiger partial charge in [-0.3, -0.25) is 0 Å². The maximum absolute atomic E-state index is 12.6. The van der Waals surface area contributed by atoms with Gasteiger partial charge in [-0.05, 0) is 19.1 Å². The molecule has 0 aliphatic heterocycles. The van der Waals surface area contributed by atoms with E-state index in [4.69, 9.17) is 5.11 Å². The fraction of sp³-hybridized carbons (Fsp3) is 0.214. The minimum Gasteiger partial charge on any atom is -0.476 e. The smallest absolute Gasteiger partial charge is 0.416 e. The quantitative estimate of drug-likeness (QED) is 0.880. The van der Waals surface area contributed by atoms with E-state index >= 15 is 0 Å². The maximum Gasteiger partial charge on any atom is 0.416 e. The summed E-state index contributed by atoms with van der Waals surface area (Å²) in [5, 5.41) is 16.4. The van der Waals surface area contributed by atoms with Crippen LogP contribution in [0.2, 0.25) is 0 Å². The van der Waals surface area contributed by atoms with E-state index < -0.39 is 17.7 Å². The van der Waals surface area contributed by atoms with E-state index in [1.54, 1.807) is 6.92 Å². The van der Waals surface area contributed by atoms with Gasteiger partial charge in [0.05, 0.1) is 12.1 Å². The summed E-state index contributed by atoms with van der Waals surface area (Å²) in [6.07, 6.45) is -4.45. The first kappa shape index (κ1) is 15.7. The van der Waals surface area contributed by atoms with Crippen LogP contribution in [0.3, 0.4) is 0 Å². The highest BCUT2D eigenvalue weighted by Gasteiger charge is 2.30. The zero-order valence-corrected chi connectivity index (χ0v) is 11.6. The van der Waals surface area contributed by atoms with Crippen molar-refractivity contribution in [1.82, 2.24) is 15.0 Å². The molecule has 0 atom stereocenters. The number of allylic oxidation sites excluding steroid dienone is 1. The Morgan fingerprint density at radius 3 is 2.36 bits per heavy atom. The number of aromatic nitrogens is 3. The van der Waals surface area contributed by atoms with Crippen molar-refractivity contribution < 1.29 is 23.1 Å². The van der Waals surface area contributed by atoms with Crippen molar-refractivity contribution >= 4 is 5.97 Å². The van der Waals surface area contributed by atoms with Gasteiger partial charge in [0.2, 0.25) is 0 Å². The number of hydrogen-bond donors (Lipinski definition) is 1. The second-order valence-electron chi connectivity index (χ2n) is 4.78. The Balaban J connectivity index is 2.52.